The molecule has 5 atom stereocenters. The van der Waals surface area contributed by atoms with Crippen LogP contribution in [0.4, 0.5) is 0 Å². The van der Waals surface area contributed by atoms with Gasteiger partial charge < -0.3 is 14.6 Å². The number of esters is 2. The van der Waals surface area contributed by atoms with E-state index in [9.17, 15) is 14.7 Å². The molecule has 5 heteroatoms. The minimum absolute atomic E-state index is 0.106. The standard InChI is InChI=1S/C31H52O5/c1-5-6-11-14-23-17-26(23)19-27-18-24(27)15-12-9-7-8-10-13-16-25-20-31(21-32,36-28(25)33)22-35-29(34)30(2,3)4/h16,23-24,26-27,32H,5-15,17-22H2,1-4H3/b25-16+. The number of cyclic esters (lactones) is 1. The number of aliphatic hydroxyl groups is 1. The highest BCUT2D eigenvalue weighted by Crippen LogP contribution is 2.54. The van der Waals surface area contributed by atoms with E-state index in [1.54, 1.807) is 20.8 Å². The Kier molecular flexibility index (Phi) is 10.9. The minimum atomic E-state index is -1.14. The lowest BCUT2D eigenvalue weighted by molar-refractivity contribution is -0.171. The Hall–Kier alpha value is -1.36. The number of carbonyl (C=O) groups excluding carboxylic acids is 2. The molecule has 0 bridgehead atoms. The summed E-state index contributed by atoms with van der Waals surface area (Å²) in [5.74, 6) is 3.46. The van der Waals surface area contributed by atoms with Gasteiger partial charge in [-0.2, -0.15) is 0 Å². The molecule has 1 aliphatic heterocycles. The molecule has 1 heterocycles. The molecule has 36 heavy (non-hydrogen) atoms. The SMILES string of the molecule is CCCCCC1CC1CC1CC1CCCCCCC/C=C1\CC(CO)(COC(=O)C(C)(C)C)OC1=O. The molecule has 3 fully saturated rings. The largest absolute Gasteiger partial charge is 0.461 e. The van der Waals surface area contributed by atoms with E-state index in [1.807, 2.05) is 6.08 Å². The van der Waals surface area contributed by atoms with Crippen LogP contribution >= 0.6 is 0 Å². The molecule has 0 aromatic heterocycles. The predicted molar refractivity (Wildman–Crippen MR) is 143 cm³/mol. The smallest absolute Gasteiger partial charge is 0.334 e. The van der Waals surface area contributed by atoms with Crippen molar-refractivity contribution in [2.24, 2.45) is 29.1 Å². The van der Waals surface area contributed by atoms with Crippen LogP contribution in [0.5, 0.6) is 0 Å². The van der Waals surface area contributed by atoms with Crippen molar-refractivity contribution in [1.29, 1.82) is 0 Å². The quantitative estimate of drug-likeness (QED) is 0.129. The lowest BCUT2D eigenvalue weighted by Crippen LogP contribution is -2.40. The number of carbonyl (C=O) groups is 2. The predicted octanol–water partition coefficient (Wildman–Crippen LogP) is 7.15. The zero-order chi connectivity index (χ0) is 26.2. The summed E-state index contributed by atoms with van der Waals surface area (Å²) in [6.07, 6.45) is 20.9. The van der Waals surface area contributed by atoms with Crippen LogP contribution in [0.15, 0.2) is 11.6 Å². The second-order valence-electron chi connectivity index (χ2n) is 13.1. The minimum Gasteiger partial charge on any atom is -0.461 e. The molecule has 2 saturated carbocycles. The third-order valence-corrected chi connectivity index (χ3v) is 8.54. The molecule has 0 amide bonds. The van der Waals surface area contributed by atoms with Crippen LogP contribution in [0.1, 0.15) is 124 Å². The van der Waals surface area contributed by atoms with Gasteiger partial charge in [-0.05, 0) is 76.5 Å². The molecule has 0 aromatic rings. The van der Waals surface area contributed by atoms with Gasteiger partial charge in [0.2, 0.25) is 0 Å². The summed E-state index contributed by atoms with van der Waals surface area (Å²) in [4.78, 5) is 24.4. The molecule has 0 spiro atoms. The maximum Gasteiger partial charge on any atom is 0.334 e. The number of aliphatic hydroxyl groups excluding tert-OH is 1. The first-order valence-electron chi connectivity index (χ1n) is 14.9. The van der Waals surface area contributed by atoms with E-state index in [2.05, 4.69) is 6.92 Å². The van der Waals surface area contributed by atoms with Gasteiger partial charge in [0.1, 0.15) is 6.61 Å². The van der Waals surface area contributed by atoms with Gasteiger partial charge in [-0.15, -0.1) is 0 Å². The van der Waals surface area contributed by atoms with E-state index in [0.29, 0.717) is 12.0 Å². The second kappa shape index (κ2) is 13.4. The Morgan fingerprint density at radius 2 is 1.61 bits per heavy atom. The summed E-state index contributed by atoms with van der Waals surface area (Å²) in [6, 6.07) is 0. The first-order valence-corrected chi connectivity index (χ1v) is 14.9. The van der Waals surface area contributed by atoms with Gasteiger partial charge in [-0.25, -0.2) is 4.79 Å². The highest BCUT2D eigenvalue weighted by atomic mass is 16.6. The zero-order valence-electron chi connectivity index (χ0n) is 23.5. The zero-order valence-corrected chi connectivity index (χ0v) is 23.5. The number of hydrogen-bond acceptors (Lipinski definition) is 5. The second-order valence-corrected chi connectivity index (χ2v) is 13.1. The van der Waals surface area contributed by atoms with Gasteiger partial charge >= 0.3 is 11.9 Å². The normalized spacial score (nSPS) is 30.5. The highest BCUT2D eigenvalue weighted by Gasteiger charge is 2.45. The molecule has 1 N–H and O–H groups in total. The molecule has 5 nitrogen and oxygen atoms in total. The van der Waals surface area contributed by atoms with Gasteiger partial charge in [0.15, 0.2) is 5.60 Å². The monoisotopic (exact) mass is 504 g/mol. The first kappa shape index (κ1) is 29.2. The van der Waals surface area contributed by atoms with Gasteiger partial charge in [-0.3, -0.25) is 4.79 Å². The molecule has 0 aromatic carbocycles. The average molecular weight is 505 g/mol. The van der Waals surface area contributed by atoms with E-state index in [1.165, 1.54) is 77.0 Å². The van der Waals surface area contributed by atoms with E-state index in [4.69, 9.17) is 9.47 Å². The van der Waals surface area contributed by atoms with Crippen LogP contribution in [0.3, 0.4) is 0 Å². The van der Waals surface area contributed by atoms with Crippen LogP contribution in [-0.4, -0.2) is 35.9 Å². The number of rotatable bonds is 17. The van der Waals surface area contributed by atoms with Crippen molar-refractivity contribution < 1.29 is 24.2 Å². The molecule has 2 aliphatic carbocycles. The maximum atomic E-state index is 12.3. The van der Waals surface area contributed by atoms with Crippen molar-refractivity contribution >= 4 is 11.9 Å². The van der Waals surface area contributed by atoms with Gasteiger partial charge in [0, 0.05) is 12.0 Å². The molecule has 1 saturated heterocycles. The topological polar surface area (TPSA) is 72.8 Å². The van der Waals surface area contributed by atoms with Crippen molar-refractivity contribution in [3.05, 3.63) is 11.6 Å². The summed E-state index contributed by atoms with van der Waals surface area (Å²) < 4.78 is 10.8. The average Bonchev–Trinajstić information content (AvgIpc) is 3.73. The molecular weight excluding hydrogens is 452 g/mol. The van der Waals surface area contributed by atoms with Crippen molar-refractivity contribution in [1.82, 2.24) is 0 Å². The van der Waals surface area contributed by atoms with Crippen LogP contribution in [0, 0.1) is 29.1 Å². The van der Waals surface area contributed by atoms with E-state index < -0.39 is 17.0 Å². The Labute approximate surface area is 219 Å². The van der Waals surface area contributed by atoms with E-state index in [0.717, 1.165) is 36.5 Å². The van der Waals surface area contributed by atoms with Gasteiger partial charge in [0.05, 0.1) is 12.0 Å². The van der Waals surface area contributed by atoms with Crippen LogP contribution in [0.2, 0.25) is 0 Å². The Morgan fingerprint density at radius 3 is 2.22 bits per heavy atom. The number of hydrogen-bond donors (Lipinski definition) is 1. The summed E-state index contributed by atoms with van der Waals surface area (Å²) >= 11 is 0. The maximum absolute atomic E-state index is 12.3. The Bertz CT molecular complexity index is 751. The van der Waals surface area contributed by atoms with Crippen molar-refractivity contribution in [3.8, 4) is 0 Å². The van der Waals surface area contributed by atoms with Crippen LogP contribution in [0.25, 0.3) is 0 Å². The molecule has 206 valence electrons. The summed E-state index contributed by atoms with van der Waals surface area (Å²) in [5, 5.41) is 9.82. The lowest BCUT2D eigenvalue weighted by atomic mass is 9.96. The fourth-order valence-corrected chi connectivity index (χ4v) is 5.81. The van der Waals surface area contributed by atoms with Crippen LogP contribution < -0.4 is 0 Å². The number of allylic oxidation sites excluding steroid dienone is 1. The molecule has 0 radical (unpaired) electrons. The van der Waals surface area contributed by atoms with Crippen molar-refractivity contribution in [2.75, 3.05) is 13.2 Å². The number of unbranched alkanes of at least 4 members (excludes halogenated alkanes) is 7. The van der Waals surface area contributed by atoms with Crippen molar-refractivity contribution in [2.45, 2.75) is 130 Å². The first-order chi connectivity index (χ1) is 17.2. The van der Waals surface area contributed by atoms with Gasteiger partial charge in [0.25, 0.3) is 0 Å². The highest BCUT2D eigenvalue weighted by molar-refractivity contribution is 5.91. The summed E-state index contributed by atoms with van der Waals surface area (Å²) in [5.41, 5.74) is -1.18. The molecule has 3 aliphatic rings. The molecule has 5 unspecified atom stereocenters. The van der Waals surface area contributed by atoms with E-state index in [-0.39, 0.29) is 19.2 Å². The Morgan fingerprint density at radius 1 is 1.00 bits per heavy atom. The fourth-order valence-electron chi connectivity index (χ4n) is 5.81. The third kappa shape index (κ3) is 9.19. The van der Waals surface area contributed by atoms with Crippen LogP contribution in [-0.2, 0) is 19.1 Å². The third-order valence-electron chi connectivity index (χ3n) is 8.54. The van der Waals surface area contributed by atoms with E-state index >= 15 is 0 Å². The lowest BCUT2D eigenvalue weighted by Gasteiger charge is -2.26. The van der Waals surface area contributed by atoms with Crippen molar-refractivity contribution in [3.63, 3.8) is 0 Å². The van der Waals surface area contributed by atoms with Gasteiger partial charge in [-0.1, -0.05) is 70.8 Å². The number of ether oxygens (including phenoxy) is 2. The molecular formula is C31H52O5. The fraction of sp³-hybridized carbons (Fsp3) is 0.871. The summed E-state index contributed by atoms with van der Waals surface area (Å²) in [6.45, 7) is 7.16. The molecule has 3 rings (SSSR count). The summed E-state index contributed by atoms with van der Waals surface area (Å²) in [7, 11) is 0. The Balaban J connectivity index is 1.21.